The van der Waals surface area contributed by atoms with Crippen molar-refractivity contribution in [3.05, 3.63) is 47.2 Å². The topological polar surface area (TPSA) is 93.5 Å². The molecular weight excluding hydrogens is 480 g/mol. The lowest BCUT2D eigenvalue weighted by molar-refractivity contribution is 0.0959. The van der Waals surface area contributed by atoms with Crippen molar-refractivity contribution in [3.63, 3.8) is 0 Å². The Hall–Kier alpha value is -2.14. The smallest absolute Gasteiger partial charge is 0.251 e. The van der Waals surface area contributed by atoms with Gasteiger partial charge in [-0.05, 0) is 105 Å². The number of hydrogen-bond acceptors (Lipinski definition) is 3. The van der Waals surface area contributed by atoms with Crippen molar-refractivity contribution in [3.8, 4) is 0 Å². The number of hydrogen-bond donors (Lipinski definition) is 3. The number of carbonyl (C=O) groups is 1. The standard InChI is InChI=1S/C34H58N4O/c1-10-33(8,9)28-15-19-34(36,20-16-28)21-25(4)29(17-18-32(5,6)7)26-11-13-27(14-12-26)31(39)38-23-30(35)37-22-24(2)3/h11-14,22,25,28-29H,10,15-21,23,36H2,1-9H3,(H2,35,37)(H,38,39). The number of amides is 1. The highest BCUT2D eigenvalue weighted by atomic mass is 16.1. The lowest BCUT2D eigenvalue weighted by Crippen LogP contribution is -2.47. The van der Waals surface area contributed by atoms with Gasteiger partial charge in [-0.3, -0.25) is 4.79 Å². The third kappa shape index (κ3) is 10.7. The summed E-state index contributed by atoms with van der Waals surface area (Å²) in [7, 11) is 0. The molecule has 0 aromatic heterocycles. The molecule has 0 bridgehead atoms. The van der Waals surface area contributed by atoms with Gasteiger partial charge in [0.25, 0.3) is 5.91 Å². The van der Waals surface area contributed by atoms with Crippen LogP contribution in [-0.2, 0) is 0 Å². The molecule has 1 aromatic rings. The summed E-state index contributed by atoms with van der Waals surface area (Å²) in [5, 5.41) is 2.88. The third-order valence-corrected chi connectivity index (χ3v) is 9.14. The van der Waals surface area contributed by atoms with Gasteiger partial charge < -0.3 is 16.8 Å². The molecule has 1 aliphatic carbocycles. The Morgan fingerprint density at radius 3 is 2.23 bits per heavy atom. The summed E-state index contributed by atoms with van der Waals surface area (Å²) in [6, 6.07) is 8.18. The Morgan fingerprint density at radius 1 is 1.13 bits per heavy atom. The molecule has 1 aliphatic rings. The van der Waals surface area contributed by atoms with Gasteiger partial charge in [-0.15, -0.1) is 0 Å². The molecule has 2 rings (SSSR count). The van der Waals surface area contributed by atoms with Gasteiger partial charge in [0.1, 0.15) is 5.84 Å². The maximum atomic E-state index is 12.7. The Bertz CT molecular complexity index is 971. The number of carbonyl (C=O) groups excluding carboxylic acids is 1. The molecule has 5 N–H and O–H groups in total. The van der Waals surface area contributed by atoms with E-state index in [4.69, 9.17) is 11.5 Å². The Labute approximate surface area is 239 Å². The summed E-state index contributed by atoms with van der Waals surface area (Å²) in [4.78, 5) is 16.9. The first-order valence-corrected chi connectivity index (χ1v) is 15.2. The van der Waals surface area contributed by atoms with Crippen LogP contribution >= 0.6 is 0 Å². The normalized spacial score (nSPS) is 22.2. The van der Waals surface area contributed by atoms with Crippen molar-refractivity contribution >= 4 is 11.7 Å². The van der Waals surface area contributed by atoms with E-state index in [9.17, 15) is 4.79 Å². The highest BCUT2D eigenvalue weighted by Crippen LogP contribution is 2.46. The van der Waals surface area contributed by atoms with E-state index in [2.05, 4.69) is 70.9 Å². The average Bonchev–Trinajstić information content (AvgIpc) is 2.85. The van der Waals surface area contributed by atoms with Gasteiger partial charge in [0.05, 0.1) is 6.54 Å². The van der Waals surface area contributed by atoms with Gasteiger partial charge in [0.15, 0.2) is 0 Å². The van der Waals surface area contributed by atoms with Crippen molar-refractivity contribution in [1.29, 1.82) is 0 Å². The van der Waals surface area contributed by atoms with Gasteiger partial charge in [-0.2, -0.15) is 0 Å². The summed E-state index contributed by atoms with van der Waals surface area (Å²) in [6.45, 7) is 20.6. The van der Waals surface area contributed by atoms with Crippen LogP contribution in [0.1, 0.15) is 136 Å². The monoisotopic (exact) mass is 538 g/mol. The van der Waals surface area contributed by atoms with E-state index < -0.39 is 0 Å². The average molecular weight is 539 g/mol. The number of nitrogens with zero attached hydrogens (tertiary/aromatic N) is 1. The van der Waals surface area contributed by atoms with Crippen LogP contribution in [0.4, 0.5) is 0 Å². The van der Waals surface area contributed by atoms with Crippen molar-refractivity contribution in [2.24, 2.45) is 39.1 Å². The SMILES string of the molecule is CCC(C)(C)C1CCC(N)(CC(C)C(CCC(C)(C)C)c2ccc(C(=O)NCC(N)=NC=C(C)C)cc2)CC1. The second kappa shape index (κ2) is 14.0. The third-order valence-electron chi connectivity index (χ3n) is 9.14. The van der Waals surface area contributed by atoms with Crippen LogP contribution in [0.5, 0.6) is 0 Å². The van der Waals surface area contributed by atoms with E-state index in [0.29, 0.717) is 28.6 Å². The molecule has 2 unspecified atom stereocenters. The second-order valence-corrected chi connectivity index (χ2v) is 14.5. The van der Waals surface area contributed by atoms with Crippen LogP contribution in [0, 0.1) is 22.7 Å². The molecule has 0 heterocycles. The quantitative estimate of drug-likeness (QED) is 0.186. The maximum Gasteiger partial charge on any atom is 0.251 e. The molecule has 2 atom stereocenters. The predicted molar refractivity (Wildman–Crippen MR) is 168 cm³/mol. The number of allylic oxidation sites excluding steroid dienone is 1. The molecule has 5 heteroatoms. The largest absolute Gasteiger partial charge is 0.386 e. The Kier molecular flexibility index (Phi) is 11.8. The van der Waals surface area contributed by atoms with Crippen LogP contribution in [0.2, 0.25) is 0 Å². The summed E-state index contributed by atoms with van der Waals surface area (Å²) >= 11 is 0. The molecule has 5 nitrogen and oxygen atoms in total. The maximum absolute atomic E-state index is 12.7. The van der Waals surface area contributed by atoms with E-state index in [1.54, 1.807) is 6.20 Å². The van der Waals surface area contributed by atoms with E-state index in [1.165, 1.54) is 24.8 Å². The summed E-state index contributed by atoms with van der Waals surface area (Å²) in [5.41, 5.74) is 16.6. The first-order valence-electron chi connectivity index (χ1n) is 15.2. The number of rotatable bonds is 12. The zero-order chi connectivity index (χ0) is 29.4. The fraction of sp³-hybridized carbons (Fsp3) is 0.706. The molecule has 1 aromatic carbocycles. The van der Waals surface area contributed by atoms with Crippen molar-refractivity contribution in [2.45, 2.75) is 125 Å². The molecule has 1 fully saturated rings. The minimum atomic E-state index is -0.135. The van der Waals surface area contributed by atoms with Crippen LogP contribution in [0.15, 0.2) is 41.0 Å². The number of aliphatic imine (C=N–C) groups is 1. The lowest BCUT2D eigenvalue weighted by Gasteiger charge is -2.45. The fourth-order valence-corrected chi connectivity index (χ4v) is 6.03. The molecule has 0 saturated heterocycles. The second-order valence-electron chi connectivity index (χ2n) is 14.5. The summed E-state index contributed by atoms with van der Waals surface area (Å²) in [6.07, 6.45) is 11.0. The molecule has 0 spiro atoms. The highest BCUT2D eigenvalue weighted by molar-refractivity contribution is 5.97. The van der Waals surface area contributed by atoms with E-state index in [-0.39, 0.29) is 23.4 Å². The van der Waals surface area contributed by atoms with Crippen molar-refractivity contribution in [2.75, 3.05) is 6.54 Å². The van der Waals surface area contributed by atoms with Gasteiger partial charge in [-0.1, -0.05) is 72.6 Å². The number of amidine groups is 1. The number of nitrogens with two attached hydrogens (primary N) is 2. The van der Waals surface area contributed by atoms with Crippen molar-refractivity contribution < 1.29 is 4.79 Å². The Balaban J connectivity index is 2.12. The predicted octanol–water partition coefficient (Wildman–Crippen LogP) is 7.96. The zero-order valence-corrected chi connectivity index (χ0v) is 26.5. The summed E-state index contributed by atoms with van der Waals surface area (Å²) < 4.78 is 0. The van der Waals surface area contributed by atoms with Gasteiger partial charge in [-0.25, -0.2) is 4.99 Å². The van der Waals surface area contributed by atoms with Crippen LogP contribution in [0.25, 0.3) is 0 Å². The van der Waals surface area contributed by atoms with E-state index >= 15 is 0 Å². The molecule has 1 amide bonds. The summed E-state index contributed by atoms with van der Waals surface area (Å²) in [5.74, 6) is 1.92. The van der Waals surface area contributed by atoms with Crippen LogP contribution in [0.3, 0.4) is 0 Å². The van der Waals surface area contributed by atoms with E-state index in [0.717, 1.165) is 43.6 Å². The van der Waals surface area contributed by atoms with Crippen LogP contribution in [-0.4, -0.2) is 23.8 Å². The zero-order valence-electron chi connectivity index (χ0n) is 26.5. The highest BCUT2D eigenvalue weighted by Gasteiger charge is 2.39. The van der Waals surface area contributed by atoms with Crippen molar-refractivity contribution in [1.82, 2.24) is 5.32 Å². The van der Waals surface area contributed by atoms with Gasteiger partial charge >= 0.3 is 0 Å². The van der Waals surface area contributed by atoms with E-state index in [1.807, 2.05) is 26.0 Å². The fourth-order valence-electron chi connectivity index (χ4n) is 6.03. The Morgan fingerprint density at radius 2 is 1.72 bits per heavy atom. The first-order chi connectivity index (χ1) is 18.0. The van der Waals surface area contributed by atoms with Crippen LogP contribution < -0.4 is 16.8 Å². The first kappa shape index (κ1) is 33.1. The van der Waals surface area contributed by atoms with Gasteiger partial charge in [0.2, 0.25) is 0 Å². The number of benzene rings is 1. The molecule has 1 saturated carbocycles. The molecule has 39 heavy (non-hydrogen) atoms. The minimum absolute atomic E-state index is 0.0768. The number of nitrogens with one attached hydrogen (secondary N) is 1. The molecular formula is C34H58N4O. The molecule has 220 valence electrons. The molecule has 0 radical (unpaired) electrons. The van der Waals surface area contributed by atoms with Gasteiger partial charge in [0, 0.05) is 17.3 Å². The molecule has 0 aliphatic heterocycles. The lowest BCUT2D eigenvalue weighted by atomic mass is 9.63. The minimum Gasteiger partial charge on any atom is -0.386 e.